The molecule has 24 heavy (non-hydrogen) atoms. The minimum Gasteiger partial charge on any atom is -0.304 e. The van der Waals surface area contributed by atoms with E-state index in [9.17, 15) is 0 Å². The summed E-state index contributed by atoms with van der Waals surface area (Å²) in [4.78, 5) is 4.94. The first-order valence-corrected chi connectivity index (χ1v) is 9.00. The molecule has 3 rings (SSSR count). The lowest BCUT2D eigenvalue weighted by Gasteiger charge is -2.37. The molecule has 0 bridgehead atoms. The van der Waals surface area contributed by atoms with Crippen LogP contribution in [0.15, 0.2) is 30.3 Å². The third-order valence-electron chi connectivity index (χ3n) is 4.85. The van der Waals surface area contributed by atoms with Gasteiger partial charge in [-0.3, -0.25) is 4.90 Å². The molecule has 1 aromatic heterocycles. The Balaban J connectivity index is 1.70. The molecule has 0 amide bonds. The summed E-state index contributed by atoms with van der Waals surface area (Å²) >= 11 is 0. The van der Waals surface area contributed by atoms with Gasteiger partial charge in [0.1, 0.15) is 0 Å². The molecule has 2 heterocycles. The van der Waals surface area contributed by atoms with Crippen molar-refractivity contribution >= 4 is 0 Å². The van der Waals surface area contributed by atoms with Gasteiger partial charge in [0.05, 0.1) is 6.04 Å². The van der Waals surface area contributed by atoms with Crippen LogP contribution in [0.5, 0.6) is 0 Å². The van der Waals surface area contributed by atoms with Crippen LogP contribution in [0.2, 0.25) is 0 Å². The highest BCUT2D eigenvalue weighted by atomic mass is 15.5. The number of likely N-dealkylation sites (N-methyl/N-ethyl adjacent to an activating group) is 1. The molecule has 1 aromatic carbocycles. The largest absolute Gasteiger partial charge is 0.304 e. The van der Waals surface area contributed by atoms with Crippen molar-refractivity contribution in [2.75, 3.05) is 33.2 Å². The smallest absolute Gasteiger partial charge is 0.168 e. The van der Waals surface area contributed by atoms with Crippen molar-refractivity contribution in [2.24, 2.45) is 0 Å². The van der Waals surface area contributed by atoms with Gasteiger partial charge in [0.2, 0.25) is 0 Å². The summed E-state index contributed by atoms with van der Waals surface area (Å²) in [5.41, 5.74) is 1.32. The highest BCUT2D eigenvalue weighted by Crippen LogP contribution is 2.25. The molecule has 1 unspecified atom stereocenters. The molecule has 0 N–H and O–H groups in total. The molecule has 0 aliphatic carbocycles. The molecule has 0 spiro atoms. The van der Waals surface area contributed by atoms with Crippen molar-refractivity contribution in [1.29, 1.82) is 0 Å². The fraction of sp³-hybridized carbons (Fsp3) is 0.611. The van der Waals surface area contributed by atoms with Crippen molar-refractivity contribution < 1.29 is 0 Å². The van der Waals surface area contributed by atoms with Gasteiger partial charge in [-0.05, 0) is 35.9 Å². The Morgan fingerprint density at radius 3 is 2.54 bits per heavy atom. The molecular weight excluding hydrogens is 300 g/mol. The van der Waals surface area contributed by atoms with Gasteiger partial charge in [0, 0.05) is 32.7 Å². The Morgan fingerprint density at radius 2 is 1.83 bits per heavy atom. The van der Waals surface area contributed by atoms with E-state index in [1.165, 1.54) is 5.56 Å². The zero-order valence-corrected chi connectivity index (χ0v) is 14.8. The van der Waals surface area contributed by atoms with Gasteiger partial charge in [-0.25, -0.2) is 4.68 Å². The Bertz CT molecular complexity index is 603. The Kier molecular flexibility index (Phi) is 5.93. The lowest BCUT2D eigenvalue weighted by molar-refractivity contribution is 0.0994. The maximum atomic E-state index is 4.39. The summed E-state index contributed by atoms with van der Waals surface area (Å²) in [7, 11) is 2.19. The highest BCUT2D eigenvalue weighted by Gasteiger charge is 2.27. The number of aromatic nitrogens is 4. The monoisotopic (exact) mass is 328 g/mol. The van der Waals surface area contributed by atoms with E-state index in [4.69, 9.17) is 0 Å². The topological polar surface area (TPSA) is 50.1 Å². The Hall–Kier alpha value is -1.79. The fourth-order valence-electron chi connectivity index (χ4n) is 3.37. The zero-order chi connectivity index (χ0) is 16.8. The number of benzene rings is 1. The summed E-state index contributed by atoms with van der Waals surface area (Å²) in [6.45, 7) is 7.48. The molecule has 1 aliphatic rings. The second-order valence-corrected chi connectivity index (χ2v) is 6.64. The van der Waals surface area contributed by atoms with Crippen molar-refractivity contribution in [1.82, 2.24) is 30.0 Å². The zero-order valence-electron chi connectivity index (χ0n) is 14.8. The summed E-state index contributed by atoms with van der Waals surface area (Å²) in [6, 6.07) is 10.9. The van der Waals surface area contributed by atoms with Crippen LogP contribution in [0.1, 0.15) is 37.2 Å². The average molecular weight is 328 g/mol. The number of rotatable bonds is 7. The van der Waals surface area contributed by atoms with E-state index in [1.807, 2.05) is 4.68 Å². The van der Waals surface area contributed by atoms with Crippen molar-refractivity contribution in [3.63, 3.8) is 0 Å². The second-order valence-electron chi connectivity index (χ2n) is 6.64. The SMILES string of the molecule is CCCC(c1nnnn1CCc1ccccc1)N1CCN(C)CC1. The maximum absolute atomic E-state index is 4.39. The molecule has 1 atom stereocenters. The lowest BCUT2D eigenvalue weighted by atomic mass is 10.1. The second kappa shape index (κ2) is 8.35. The molecule has 1 fully saturated rings. The summed E-state index contributed by atoms with van der Waals surface area (Å²) < 4.78 is 2.01. The molecule has 1 saturated heterocycles. The van der Waals surface area contributed by atoms with E-state index in [2.05, 4.69) is 69.6 Å². The average Bonchev–Trinajstić information content (AvgIpc) is 3.08. The van der Waals surface area contributed by atoms with Crippen LogP contribution in [0.3, 0.4) is 0 Å². The third-order valence-corrected chi connectivity index (χ3v) is 4.85. The number of nitrogens with zero attached hydrogens (tertiary/aromatic N) is 6. The minimum absolute atomic E-state index is 0.328. The predicted molar refractivity (Wildman–Crippen MR) is 94.7 cm³/mol. The fourth-order valence-corrected chi connectivity index (χ4v) is 3.37. The molecule has 0 radical (unpaired) electrons. The number of piperazine rings is 1. The number of aryl methyl sites for hydroxylation is 2. The summed E-state index contributed by atoms with van der Waals surface area (Å²) in [6.07, 6.45) is 3.21. The highest BCUT2D eigenvalue weighted by molar-refractivity contribution is 5.14. The molecular formula is C18H28N6. The van der Waals surface area contributed by atoms with Crippen molar-refractivity contribution in [3.05, 3.63) is 41.7 Å². The van der Waals surface area contributed by atoms with Crippen LogP contribution < -0.4 is 0 Å². The first-order chi connectivity index (χ1) is 11.8. The van der Waals surface area contributed by atoms with Gasteiger partial charge < -0.3 is 4.90 Å². The minimum atomic E-state index is 0.328. The van der Waals surface area contributed by atoms with E-state index in [0.29, 0.717) is 6.04 Å². The van der Waals surface area contributed by atoms with E-state index in [0.717, 1.165) is 57.8 Å². The van der Waals surface area contributed by atoms with Gasteiger partial charge >= 0.3 is 0 Å². The standard InChI is InChI=1S/C18H28N6/c1-3-7-17(23-14-12-22(2)13-15-23)18-19-20-21-24(18)11-10-16-8-5-4-6-9-16/h4-6,8-9,17H,3,7,10-15H2,1-2H3. The van der Waals surface area contributed by atoms with Crippen LogP contribution in [0.4, 0.5) is 0 Å². The molecule has 130 valence electrons. The quantitative estimate of drug-likeness (QED) is 0.778. The van der Waals surface area contributed by atoms with Crippen LogP contribution >= 0.6 is 0 Å². The van der Waals surface area contributed by atoms with E-state index in [-0.39, 0.29) is 0 Å². The van der Waals surface area contributed by atoms with Crippen molar-refractivity contribution in [2.45, 2.75) is 38.8 Å². The van der Waals surface area contributed by atoms with Crippen LogP contribution in [-0.4, -0.2) is 63.2 Å². The molecule has 2 aromatic rings. The summed E-state index contributed by atoms with van der Waals surface area (Å²) in [5, 5.41) is 12.6. The normalized spacial score (nSPS) is 17.9. The van der Waals surface area contributed by atoms with Gasteiger partial charge in [-0.15, -0.1) is 5.10 Å². The number of tetrazole rings is 1. The van der Waals surface area contributed by atoms with Gasteiger partial charge in [-0.2, -0.15) is 0 Å². The van der Waals surface area contributed by atoms with Crippen molar-refractivity contribution in [3.8, 4) is 0 Å². The van der Waals surface area contributed by atoms with Gasteiger partial charge in [-0.1, -0.05) is 43.7 Å². The Labute approximate surface area is 144 Å². The first-order valence-electron chi connectivity index (χ1n) is 9.00. The molecule has 1 aliphatic heterocycles. The van der Waals surface area contributed by atoms with Crippen LogP contribution in [-0.2, 0) is 13.0 Å². The van der Waals surface area contributed by atoms with Crippen LogP contribution in [0.25, 0.3) is 0 Å². The number of hydrogen-bond donors (Lipinski definition) is 0. The first kappa shape index (κ1) is 17.0. The Morgan fingerprint density at radius 1 is 1.08 bits per heavy atom. The van der Waals surface area contributed by atoms with E-state index >= 15 is 0 Å². The number of hydrogen-bond acceptors (Lipinski definition) is 5. The summed E-state index contributed by atoms with van der Waals surface area (Å²) in [5.74, 6) is 1.03. The molecule has 0 saturated carbocycles. The van der Waals surface area contributed by atoms with Crippen LogP contribution in [0, 0.1) is 0 Å². The molecule has 6 heteroatoms. The predicted octanol–water partition coefficient (Wildman–Crippen LogP) is 2.00. The van der Waals surface area contributed by atoms with E-state index in [1.54, 1.807) is 0 Å². The van der Waals surface area contributed by atoms with E-state index < -0.39 is 0 Å². The van der Waals surface area contributed by atoms with Gasteiger partial charge in [0.25, 0.3) is 0 Å². The maximum Gasteiger partial charge on any atom is 0.168 e. The third kappa shape index (κ3) is 4.19. The lowest BCUT2D eigenvalue weighted by Crippen LogP contribution is -2.46. The molecule has 6 nitrogen and oxygen atoms in total. The van der Waals surface area contributed by atoms with Gasteiger partial charge in [0.15, 0.2) is 5.82 Å².